The molecule has 0 amide bonds. The van der Waals surface area contributed by atoms with Crippen molar-refractivity contribution in [2.45, 2.75) is 72.6 Å². The molecule has 1 atom stereocenters. The van der Waals surface area contributed by atoms with Gasteiger partial charge in [0, 0.05) is 0 Å². The monoisotopic (exact) mass is 210 g/mol. The molecule has 15 heavy (non-hydrogen) atoms. The number of hydrogen-bond donors (Lipinski definition) is 0. The Kier molecular flexibility index (Phi) is 5.71. The second-order valence-electron chi connectivity index (χ2n) is 6.41. The zero-order valence-corrected chi connectivity index (χ0v) is 11.3. The van der Waals surface area contributed by atoms with E-state index in [4.69, 9.17) is 0 Å². The summed E-state index contributed by atoms with van der Waals surface area (Å²) in [4.78, 5) is 0. The van der Waals surface area contributed by atoms with Gasteiger partial charge in [-0.05, 0) is 30.1 Å². The molecule has 1 aliphatic carbocycles. The van der Waals surface area contributed by atoms with E-state index in [1.54, 1.807) is 0 Å². The third-order valence-corrected chi connectivity index (χ3v) is 3.95. The fourth-order valence-corrected chi connectivity index (χ4v) is 2.85. The molecule has 0 heterocycles. The molecule has 0 aromatic heterocycles. The van der Waals surface area contributed by atoms with Gasteiger partial charge in [0.25, 0.3) is 0 Å². The van der Waals surface area contributed by atoms with Crippen molar-refractivity contribution in [1.82, 2.24) is 0 Å². The molecule has 1 unspecified atom stereocenters. The maximum Gasteiger partial charge on any atom is -0.0383 e. The highest BCUT2D eigenvalue weighted by Crippen LogP contribution is 2.39. The van der Waals surface area contributed by atoms with E-state index in [9.17, 15) is 0 Å². The summed E-state index contributed by atoms with van der Waals surface area (Å²) in [6.45, 7) is 9.46. The van der Waals surface area contributed by atoms with Crippen molar-refractivity contribution in [3.8, 4) is 0 Å². The third-order valence-electron chi connectivity index (χ3n) is 3.95. The van der Waals surface area contributed by atoms with Crippen LogP contribution >= 0.6 is 0 Å². The van der Waals surface area contributed by atoms with Gasteiger partial charge in [0.2, 0.25) is 0 Å². The van der Waals surface area contributed by atoms with Crippen molar-refractivity contribution in [2.75, 3.05) is 0 Å². The highest BCUT2D eigenvalue weighted by molar-refractivity contribution is 4.78. The molecule has 90 valence electrons. The van der Waals surface area contributed by atoms with Crippen LogP contribution in [0.25, 0.3) is 0 Å². The molecule has 0 aromatic rings. The molecule has 1 aliphatic rings. The number of rotatable bonds is 7. The van der Waals surface area contributed by atoms with Crippen LogP contribution in [0.3, 0.4) is 0 Å². The molecule has 0 heteroatoms. The Balaban J connectivity index is 2.22. The first-order valence-corrected chi connectivity index (χ1v) is 7.09. The van der Waals surface area contributed by atoms with Crippen LogP contribution in [0.4, 0.5) is 0 Å². The van der Waals surface area contributed by atoms with Crippen molar-refractivity contribution in [3.63, 3.8) is 0 Å². The lowest BCUT2D eigenvalue weighted by atomic mass is 9.71. The van der Waals surface area contributed by atoms with E-state index >= 15 is 0 Å². The van der Waals surface area contributed by atoms with Crippen molar-refractivity contribution < 1.29 is 0 Å². The summed E-state index contributed by atoms with van der Waals surface area (Å²) < 4.78 is 0. The zero-order valence-electron chi connectivity index (χ0n) is 11.3. The lowest BCUT2D eigenvalue weighted by Gasteiger charge is -2.35. The Morgan fingerprint density at radius 3 is 2.00 bits per heavy atom. The summed E-state index contributed by atoms with van der Waals surface area (Å²) in [5, 5.41) is 0. The Morgan fingerprint density at radius 1 is 0.933 bits per heavy atom. The second kappa shape index (κ2) is 6.55. The lowest BCUT2D eigenvalue weighted by molar-refractivity contribution is 0.166. The molecule has 0 bridgehead atoms. The predicted octanol–water partition coefficient (Wildman–Crippen LogP) is 5.28. The first-order chi connectivity index (χ1) is 7.09. The van der Waals surface area contributed by atoms with E-state index in [-0.39, 0.29) is 0 Å². The summed E-state index contributed by atoms with van der Waals surface area (Å²) in [6, 6.07) is 0. The molecule has 0 spiro atoms. The topological polar surface area (TPSA) is 0 Å². The molecule has 1 saturated carbocycles. The van der Waals surface area contributed by atoms with Crippen LogP contribution in [0, 0.1) is 23.7 Å². The van der Waals surface area contributed by atoms with E-state index in [0.29, 0.717) is 0 Å². The van der Waals surface area contributed by atoms with E-state index < -0.39 is 0 Å². The Labute approximate surface area is 96.8 Å². The molecule has 0 radical (unpaired) electrons. The van der Waals surface area contributed by atoms with Crippen LogP contribution in [0.1, 0.15) is 72.6 Å². The van der Waals surface area contributed by atoms with E-state index in [0.717, 1.165) is 23.7 Å². The molecule has 1 rings (SSSR count). The minimum Gasteiger partial charge on any atom is -0.0628 e. The van der Waals surface area contributed by atoms with E-state index in [1.165, 1.54) is 44.9 Å². The molecule has 0 N–H and O–H groups in total. The maximum atomic E-state index is 2.38. The van der Waals surface area contributed by atoms with Gasteiger partial charge in [-0.25, -0.2) is 0 Å². The van der Waals surface area contributed by atoms with Crippen LogP contribution in [-0.4, -0.2) is 0 Å². The highest BCUT2D eigenvalue weighted by Gasteiger charge is 2.27. The van der Waals surface area contributed by atoms with E-state index in [1.807, 2.05) is 0 Å². The average Bonchev–Trinajstić information content (AvgIpc) is 1.98. The van der Waals surface area contributed by atoms with Gasteiger partial charge in [-0.2, -0.15) is 0 Å². The van der Waals surface area contributed by atoms with Crippen LogP contribution in [0.2, 0.25) is 0 Å². The Hall–Kier alpha value is 0. The van der Waals surface area contributed by atoms with Crippen LogP contribution in [-0.2, 0) is 0 Å². The summed E-state index contributed by atoms with van der Waals surface area (Å²) in [5.41, 5.74) is 0. The highest BCUT2D eigenvalue weighted by atomic mass is 14.3. The summed E-state index contributed by atoms with van der Waals surface area (Å²) in [7, 11) is 0. The molecule has 0 aromatic carbocycles. The van der Waals surface area contributed by atoms with Gasteiger partial charge in [-0.3, -0.25) is 0 Å². The number of hydrogen-bond acceptors (Lipinski definition) is 0. The van der Waals surface area contributed by atoms with Crippen molar-refractivity contribution in [3.05, 3.63) is 0 Å². The van der Waals surface area contributed by atoms with Crippen molar-refractivity contribution >= 4 is 0 Å². The second-order valence-corrected chi connectivity index (χ2v) is 6.41. The Bertz CT molecular complexity index is 153. The van der Waals surface area contributed by atoms with Gasteiger partial charge in [-0.15, -0.1) is 0 Å². The fraction of sp³-hybridized carbons (Fsp3) is 1.00. The quantitative estimate of drug-likeness (QED) is 0.536. The zero-order chi connectivity index (χ0) is 11.3. The molecular weight excluding hydrogens is 180 g/mol. The average molecular weight is 210 g/mol. The third kappa shape index (κ3) is 5.04. The molecular formula is C15H30. The van der Waals surface area contributed by atoms with Gasteiger partial charge in [0.1, 0.15) is 0 Å². The molecule has 1 fully saturated rings. The summed E-state index contributed by atoms with van der Waals surface area (Å²) in [5.74, 6) is 3.94. The van der Waals surface area contributed by atoms with Crippen LogP contribution in [0.5, 0.6) is 0 Å². The van der Waals surface area contributed by atoms with Crippen molar-refractivity contribution in [1.29, 1.82) is 0 Å². The Morgan fingerprint density at radius 2 is 1.60 bits per heavy atom. The summed E-state index contributed by atoms with van der Waals surface area (Å²) in [6.07, 6.45) is 10.4. The SMILES string of the molecule is CC(C)CCCC(CC(C)C)C1CCC1. The molecule has 0 aliphatic heterocycles. The normalized spacial score (nSPS) is 19.6. The van der Waals surface area contributed by atoms with Gasteiger partial charge >= 0.3 is 0 Å². The van der Waals surface area contributed by atoms with Crippen LogP contribution in [0.15, 0.2) is 0 Å². The lowest BCUT2D eigenvalue weighted by Crippen LogP contribution is -2.23. The minimum atomic E-state index is 0.895. The summed E-state index contributed by atoms with van der Waals surface area (Å²) >= 11 is 0. The molecule has 0 nitrogen and oxygen atoms in total. The standard InChI is InChI=1S/C15H30/c1-12(2)7-5-10-15(11-13(3)4)14-8-6-9-14/h12-15H,5-11H2,1-4H3. The first-order valence-electron chi connectivity index (χ1n) is 7.09. The van der Waals surface area contributed by atoms with Crippen molar-refractivity contribution in [2.24, 2.45) is 23.7 Å². The largest absolute Gasteiger partial charge is 0.0628 e. The predicted molar refractivity (Wildman–Crippen MR) is 69.0 cm³/mol. The van der Waals surface area contributed by atoms with Gasteiger partial charge in [0.15, 0.2) is 0 Å². The van der Waals surface area contributed by atoms with Gasteiger partial charge in [0.05, 0.1) is 0 Å². The van der Waals surface area contributed by atoms with Gasteiger partial charge in [-0.1, -0.05) is 66.2 Å². The minimum absolute atomic E-state index is 0.895. The smallest absolute Gasteiger partial charge is 0.0383 e. The van der Waals surface area contributed by atoms with E-state index in [2.05, 4.69) is 27.7 Å². The fourth-order valence-electron chi connectivity index (χ4n) is 2.85. The molecule has 0 saturated heterocycles. The van der Waals surface area contributed by atoms with Gasteiger partial charge < -0.3 is 0 Å². The maximum absolute atomic E-state index is 2.38. The van der Waals surface area contributed by atoms with Crippen LogP contribution < -0.4 is 0 Å². The first kappa shape index (κ1) is 13.1.